The fraction of sp³-hybridized carbons (Fsp3) is 0.667. The molecule has 1 aromatic rings. The van der Waals surface area contributed by atoms with Crippen LogP contribution in [0.3, 0.4) is 0 Å². The molecule has 2 nitrogen and oxygen atoms in total. The average Bonchev–Trinajstić information content (AvgIpc) is 2.57. The van der Waals surface area contributed by atoms with Crippen molar-refractivity contribution in [3.63, 3.8) is 0 Å². The standard InChI is InChI=1S/C21H29NO.2ClH.Zr/c1-3-4-22-13-18-5-14(2)6-19(20(18)23)21-10-15-7-16(11-21)9-17(8-15)12-21;;;/h5-6,13,15-17,23H,3-4,7-12H2,1-2H3;2*1H;/q;;;+2/p-2. The molecule has 0 atom stereocenters. The zero-order valence-electron chi connectivity index (χ0n) is 15.8. The summed E-state index contributed by atoms with van der Waals surface area (Å²) < 4.78 is 0. The fourth-order valence-corrected chi connectivity index (χ4v) is 6.04. The molecule has 4 aliphatic rings. The van der Waals surface area contributed by atoms with Crippen LogP contribution in [0, 0.1) is 24.7 Å². The minimum absolute atomic E-state index is 0.248. The first kappa shape index (κ1) is 20.9. The molecule has 1 N–H and O–H groups in total. The molecular formula is C21H29Cl2NOZr. The van der Waals surface area contributed by atoms with E-state index in [2.05, 4.69) is 31.0 Å². The maximum absolute atomic E-state index is 11.0. The van der Waals surface area contributed by atoms with Gasteiger partial charge in [-0.1, -0.05) is 13.0 Å². The summed E-state index contributed by atoms with van der Waals surface area (Å²) in [5, 5.41) is 11.0. The van der Waals surface area contributed by atoms with Crippen molar-refractivity contribution in [2.75, 3.05) is 6.54 Å². The van der Waals surface area contributed by atoms with Crippen LogP contribution in [0.1, 0.15) is 68.6 Å². The Hall–Kier alpha value is 0.153. The molecule has 0 aromatic heterocycles. The summed E-state index contributed by atoms with van der Waals surface area (Å²) in [4.78, 5) is 4.46. The van der Waals surface area contributed by atoms with E-state index in [1.165, 1.54) is 49.7 Å². The van der Waals surface area contributed by atoms with Crippen molar-refractivity contribution < 1.29 is 26.0 Å². The normalized spacial score (nSPS) is 31.8. The topological polar surface area (TPSA) is 32.6 Å². The van der Waals surface area contributed by atoms with Gasteiger partial charge in [0.15, 0.2) is 0 Å². The number of aliphatic imine (C=N–C) groups is 1. The number of halogens is 2. The molecule has 0 saturated heterocycles. The molecule has 5 rings (SSSR count). The van der Waals surface area contributed by atoms with Gasteiger partial charge in [-0.25, -0.2) is 0 Å². The van der Waals surface area contributed by atoms with Crippen LogP contribution >= 0.6 is 17.0 Å². The monoisotopic (exact) mass is 471 g/mol. The van der Waals surface area contributed by atoms with Gasteiger partial charge in [-0.2, -0.15) is 0 Å². The second kappa shape index (κ2) is 9.10. The fourth-order valence-electron chi connectivity index (χ4n) is 6.04. The maximum atomic E-state index is 11.0. The number of aromatic hydroxyl groups is 1. The van der Waals surface area contributed by atoms with Gasteiger partial charge in [0.1, 0.15) is 5.75 Å². The predicted molar refractivity (Wildman–Crippen MR) is 107 cm³/mol. The van der Waals surface area contributed by atoms with Gasteiger partial charge in [0.05, 0.1) is 0 Å². The van der Waals surface area contributed by atoms with E-state index in [4.69, 9.17) is 17.0 Å². The molecule has 0 heterocycles. The van der Waals surface area contributed by atoms with Crippen molar-refractivity contribution in [1.29, 1.82) is 0 Å². The average molecular weight is 474 g/mol. The first-order chi connectivity index (χ1) is 12.5. The van der Waals surface area contributed by atoms with E-state index in [1.54, 1.807) is 0 Å². The van der Waals surface area contributed by atoms with Gasteiger partial charge in [-0.05, 0) is 86.7 Å². The zero-order valence-corrected chi connectivity index (χ0v) is 19.7. The first-order valence-corrected chi connectivity index (χ1v) is 16.1. The van der Waals surface area contributed by atoms with Crippen LogP contribution in [-0.2, 0) is 26.3 Å². The van der Waals surface area contributed by atoms with E-state index in [9.17, 15) is 5.11 Å². The summed E-state index contributed by atoms with van der Waals surface area (Å²) in [6, 6.07) is 4.35. The second-order valence-electron chi connectivity index (χ2n) is 8.55. The van der Waals surface area contributed by atoms with Gasteiger partial charge in [-0.3, -0.25) is 4.99 Å². The van der Waals surface area contributed by atoms with E-state index >= 15 is 0 Å². The predicted octanol–water partition coefficient (Wildman–Crippen LogP) is 6.37. The number of rotatable bonds is 4. The number of nitrogens with zero attached hydrogens (tertiary/aromatic N) is 1. The molecule has 4 fully saturated rings. The van der Waals surface area contributed by atoms with Crippen LogP contribution in [0.4, 0.5) is 0 Å². The van der Waals surface area contributed by atoms with Crippen molar-refractivity contribution >= 4 is 23.2 Å². The quantitative estimate of drug-likeness (QED) is 0.506. The van der Waals surface area contributed by atoms with Gasteiger partial charge >= 0.3 is 37.9 Å². The third-order valence-corrected chi connectivity index (χ3v) is 6.48. The first-order valence-electron chi connectivity index (χ1n) is 9.81. The van der Waals surface area contributed by atoms with Gasteiger partial charge < -0.3 is 5.11 Å². The zero-order chi connectivity index (χ0) is 18.7. The van der Waals surface area contributed by atoms with Crippen molar-refractivity contribution in [3.05, 3.63) is 28.8 Å². The van der Waals surface area contributed by atoms with Crippen LogP contribution in [0.15, 0.2) is 17.1 Å². The summed E-state index contributed by atoms with van der Waals surface area (Å²) in [5.41, 5.74) is 3.66. The number of phenolic OH excluding ortho intramolecular Hbond substituents is 1. The van der Waals surface area contributed by atoms with Crippen LogP contribution in [0.2, 0.25) is 0 Å². The van der Waals surface area contributed by atoms with Crippen LogP contribution in [0.5, 0.6) is 5.75 Å². The van der Waals surface area contributed by atoms with E-state index in [-0.39, 0.29) is 5.41 Å². The van der Waals surface area contributed by atoms with Crippen molar-refractivity contribution in [3.8, 4) is 5.75 Å². The summed E-state index contributed by atoms with van der Waals surface area (Å²) in [5.74, 6) is 3.22. The summed E-state index contributed by atoms with van der Waals surface area (Å²) in [7, 11) is 9.87. The Morgan fingerprint density at radius 1 is 1.15 bits per heavy atom. The third kappa shape index (κ3) is 4.42. The van der Waals surface area contributed by atoms with Gasteiger partial charge in [0.25, 0.3) is 0 Å². The summed E-state index contributed by atoms with van der Waals surface area (Å²) in [6.45, 7) is 5.12. The SMILES string of the molecule is CCCN=Cc1cc(C)cc(C23CC4CC(CC(C4)C2)C3)c1O.[Cl][Zr][Cl]. The molecule has 1 aromatic carbocycles. The van der Waals surface area contributed by atoms with Crippen LogP contribution in [-0.4, -0.2) is 17.9 Å². The minimum atomic E-state index is -0.826. The van der Waals surface area contributed by atoms with Gasteiger partial charge in [0.2, 0.25) is 0 Å². The van der Waals surface area contributed by atoms with Crippen LogP contribution < -0.4 is 0 Å². The third-order valence-electron chi connectivity index (χ3n) is 6.48. The molecule has 26 heavy (non-hydrogen) atoms. The Kier molecular flexibility index (Phi) is 7.31. The molecule has 0 radical (unpaired) electrons. The molecule has 0 unspecified atom stereocenters. The number of hydrogen-bond acceptors (Lipinski definition) is 2. The Bertz CT molecular complexity index is 626. The van der Waals surface area contributed by atoms with E-state index < -0.39 is 20.8 Å². The molecule has 0 spiro atoms. The number of aryl methyl sites for hydroxylation is 1. The summed E-state index contributed by atoms with van der Waals surface area (Å²) >= 11 is -0.826. The van der Waals surface area contributed by atoms with Gasteiger partial charge in [-0.15, -0.1) is 0 Å². The molecule has 4 bridgehead atoms. The Morgan fingerprint density at radius 3 is 2.19 bits per heavy atom. The number of hydrogen-bond donors (Lipinski definition) is 1. The van der Waals surface area contributed by atoms with Gasteiger partial charge in [0, 0.05) is 23.9 Å². The van der Waals surface area contributed by atoms with Crippen molar-refractivity contribution in [1.82, 2.24) is 0 Å². The van der Waals surface area contributed by atoms with E-state index in [0.29, 0.717) is 5.75 Å². The molecule has 142 valence electrons. The summed E-state index contributed by atoms with van der Waals surface area (Å²) in [6.07, 6.45) is 11.1. The Balaban J connectivity index is 0.000000613. The van der Waals surface area contributed by atoms with Crippen molar-refractivity contribution in [2.24, 2.45) is 22.7 Å². The molecule has 5 heteroatoms. The molecule has 0 amide bonds. The van der Waals surface area contributed by atoms with E-state index in [1.807, 2.05) is 6.21 Å². The molecule has 4 saturated carbocycles. The van der Waals surface area contributed by atoms with E-state index in [0.717, 1.165) is 36.3 Å². The molecular weight excluding hydrogens is 444 g/mol. The second-order valence-corrected chi connectivity index (χ2v) is 12.3. The number of benzene rings is 1. The Labute approximate surface area is 176 Å². The van der Waals surface area contributed by atoms with Crippen LogP contribution in [0.25, 0.3) is 0 Å². The molecule has 4 aliphatic carbocycles. The number of phenols is 1. The molecule has 0 aliphatic heterocycles. The Morgan fingerprint density at radius 2 is 1.69 bits per heavy atom. The van der Waals surface area contributed by atoms with Crippen molar-refractivity contribution in [2.45, 2.75) is 64.2 Å².